The van der Waals surface area contributed by atoms with Crippen molar-refractivity contribution in [2.45, 2.75) is 31.3 Å². The number of fused-ring (bicyclic) bond motifs is 1. The Morgan fingerprint density at radius 2 is 2.32 bits per heavy atom. The molecule has 1 atom stereocenters. The normalized spacial score (nSPS) is 17.0. The molecule has 1 aliphatic carbocycles. The van der Waals surface area contributed by atoms with Crippen LogP contribution in [0.3, 0.4) is 0 Å². The quantitative estimate of drug-likeness (QED) is 0.913. The Labute approximate surface area is 122 Å². The minimum absolute atomic E-state index is 0.0132. The Kier molecular flexibility index (Phi) is 3.74. The minimum Gasteiger partial charge on any atom is -0.324 e. The first-order chi connectivity index (χ1) is 9.20. The van der Waals surface area contributed by atoms with Crippen LogP contribution in [0.15, 0.2) is 18.2 Å². The third-order valence-corrected chi connectivity index (χ3v) is 4.43. The van der Waals surface area contributed by atoms with Gasteiger partial charge in [0.25, 0.3) is 0 Å². The Bertz CT molecular complexity index is 592. The van der Waals surface area contributed by atoms with Crippen LogP contribution in [0.4, 0.5) is 0 Å². The number of nitrogens with two attached hydrogens (primary N) is 1. The van der Waals surface area contributed by atoms with E-state index in [1.54, 1.807) is 0 Å². The first kappa shape index (κ1) is 13.3. The molecular formula is C14H18ClN3S. The smallest absolute Gasteiger partial charge is 0.127 e. The second-order valence-corrected chi connectivity index (χ2v) is 6.51. The molecule has 0 radical (unpaired) electrons. The van der Waals surface area contributed by atoms with Gasteiger partial charge in [0, 0.05) is 11.1 Å². The van der Waals surface area contributed by atoms with Gasteiger partial charge in [-0.05, 0) is 49.5 Å². The third kappa shape index (κ3) is 2.62. The molecule has 0 spiro atoms. The lowest BCUT2D eigenvalue weighted by molar-refractivity contribution is 0.594. The molecule has 1 aliphatic rings. The van der Waals surface area contributed by atoms with Crippen molar-refractivity contribution in [1.29, 1.82) is 0 Å². The third-order valence-electron chi connectivity index (χ3n) is 3.56. The van der Waals surface area contributed by atoms with E-state index in [2.05, 4.69) is 16.9 Å². The zero-order chi connectivity index (χ0) is 13.4. The van der Waals surface area contributed by atoms with Gasteiger partial charge in [0.2, 0.25) is 0 Å². The molecule has 102 valence electrons. The van der Waals surface area contributed by atoms with Crippen LogP contribution in [0.1, 0.15) is 37.2 Å². The monoisotopic (exact) mass is 295 g/mol. The summed E-state index contributed by atoms with van der Waals surface area (Å²) in [7, 11) is 0. The Morgan fingerprint density at radius 3 is 3.00 bits per heavy atom. The maximum absolute atomic E-state index is 6.32. The molecule has 3 nitrogen and oxygen atoms in total. The van der Waals surface area contributed by atoms with Gasteiger partial charge in [-0.1, -0.05) is 11.6 Å². The van der Waals surface area contributed by atoms with Crippen LogP contribution in [-0.4, -0.2) is 21.6 Å². The molecule has 3 rings (SSSR count). The van der Waals surface area contributed by atoms with Crippen LogP contribution < -0.4 is 5.73 Å². The van der Waals surface area contributed by atoms with Crippen LogP contribution in [0, 0.1) is 0 Å². The summed E-state index contributed by atoms with van der Waals surface area (Å²) >= 11 is 7.88. The van der Waals surface area contributed by atoms with Gasteiger partial charge in [-0.2, -0.15) is 11.8 Å². The summed E-state index contributed by atoms with van der Waals surface area (Å²) in [5, 5.41) is 0.734. The highest BCUT2D eigenvalue weighted by Gasteiger charge is 2.29. The fourth-order valence-electron chi connectivity index (χ4n) is 2.44. The van der Waals surface area contributed by atoms with Gasteiger partial charge >= 0.3 is 0 Å². The maximum atomic E-state index is 6.32. The number of aromatic nitrogens is 2. The predicted octanol–water partition coefficient (Wildman–Crippen LogP) is 3.78. The topological polar surface area (TPSA) is 43.8 Å². The van der Waals surface area contributed by atoms with Gasteiger partial charge in [0.05, 0.1) is 17.1 Å². The lowest BCUT2D eigenvalue weighted by Crippen LogP contribution is -2.17. The van der Waals surface area contributed by atoms with Crippen LogP contribution in [0.5, 0.6) is 0 Å². The van der Waals surface area contributed by atoms with E-state index in [4.69, 9.17) is 22.3 Å². The summed E-state index contributed by atoms with van der Waals surface area (Å²) in [6.07, 6.45) is 5.54. The lowest BCUT2D eigenvalue weighted by atomic mass is 10.2. The number of hydrogen-bond donors (Lipinski definition) is 1. The summed E-state index contributed by atoms with van der Waals surface area (Å²) in [5.74, 6) is 2.09. The van der Waals surface area contributed by atoms with E-state index in [1.165, 1.54) is 18.4 Å². The fourth-order valence-corrected chi connectivity index (χ4v) is 3.10. The molecule has 0 amide bonds. The number of halogens is 1. The van der Waals surface area contributed by atoms with E-state index in [0.29, 0.717) is 6.04 Å². The number of nitrogens with zero attached hydrogens (tertiary/aromatic N) is 2. The fraction of sp³-hybridized carbons (Fsp3) is 0.500. The molecule has 0 bridgehead atoms. The average molecular weight is 296 g/mol. The van der Waals surface area contributed by atoms with E-state index >= 15 is 0 Å². The molecule has 5 heteroatoms. The SMILES string of the molecule is CSCCC(N)c1nc2cc(Cl)ccc2n1C1CC1. The molecular weight excluding hydrogens is 278 g/mol. The molecule has 0 aliphatic heterocycles. The van der Waals surface area contributed by atoms with Crippen LogP contribution in [0.2, 0.25) is 5.02 Å². The second kappa shape index (κ2) is 5.35. The van der Waals surface area contributed by atoms with Crippen LogP contribution in [0.25, 0.3) is 11.0 Å². The number of rotatable bonds is 5. The van der Waals surface area contributed by atoms with Crippen molar-refractivity contribution < 1.29 is 0 Å². The van der Waals surface area contributed by atoms with Gasteiger partial charge in [-0.25, -0.2) is 4.98 Å². The molecule has 1 unspecified atom stereocenters. The first-order valence-electron chi connectivity index (χ1n) is 6.62. The lowest BCUT2D eigenvalue weighted by Gasteiger charge is -2.13. The summed E-state index contributed by atoms with van der Waals surface area (Å²) in [6, 6.07) is 6.52. The molecule has 0 saturated heterocycles. The molecule has 1 saturated carbocycles. The summed E-state index contributed by atoms with van der Waals surface area (Å²) in [6.45, 7) is 0. The van der Waals surface area contributed by atoms with E-state index in [9.17, 15) is 0 Å². The number of imidazole rings is 1. The van der Waals surface area contributed by atoms with E-state index in [0.717, 1.165) is 28.5 Å². The standard InChI is InChI=1S/C14H18ClN3S/c1-19-7-6-11(16)14-17-12-8-9(15)2-5-13(12)18(14)10-3-4-10/h2,5,8,10-11H,3-4,6-7,16H2,1H3. The molecule has 2 N–H and O–H groups in total. The highest BCUT2D eigenvalue weighted by molar-refractivity contribution is 7.98. The highest BCUT2D eigenvalue weighted by Crippen LogP contribution is 2.40. The largest absolute Gasteiger partial charge is 0.324 e. The van der Waals surface area contributed by atoms with Crippen molar-refractivity contribution in [2.75, 3.05) is 12.0 Å². The van der Waals surface area contributed by atoms with Crippen LogP contribution >= 0.6 is 23.4 Å². The van der Waals surface area contributed by atoms with Crippen molar-refractivity contribution in [1.82, 2.24) is 9.55 Å². The first-order valence-corrected chi connectivity index (χ1v) is 8.40. The second-order valence-electron chi connectivity index (χ2n) is 5.09. The van der Waals surface area contributed by atoms with Crippen molar-refractivity contribution in [3.05, 3.63) is 29.0 Å². The molecule has 1 fully saturated rings. The predicted molar refractivity (Wildman–Crippen MR) is 82.9 cm³/mol. The van der Waals surface area contributed by atoms with Gasteiger partial charge < -0.3 is 10.3 Å². The summed E-state index contributed by atoms with van der Waals surface area (Å²) < 4.78 is 2.33. The summed E-state index contributed by atoms with van der Waals surface area (Å²) in [4.78, 5) is 4.73. The Balaban J connectivity index is 2.04. The van der Waals surface area contributed by atoms with E-state index in [-0.39, 0.29) is 6.04 Å². The van der Waals surface area contributed by atoms with Gasteiger partial charge in [0.1, 0.15) is 5.82 Å². The maximum Gasteiger partial charge on any atom is 0.127 e. The van der Waals surface area contributed by atoms with E-state index in [1.807, 2.05) is 23.9 Å². The Hall–Kier alpha value is -0.710. The van der Waals surface area contributed by atoms with Crippen molar-refractivity contribution in [2.24, 2.45) is 5.73 Å². The Morgan fingerprint density at radius 1 is 1.53 bits per heavy atom. The molecule has 1 heterocycles. The van der Waals surface area contributed by atoms with Gasteiger partial charge in [-0.3, -0.25) is 0 Å². The highest BCUT2D eigenvalue weighted by atomic mass is 35.5. The average Bonchev–Trinajstić information content (AvgIpc) is 3.16. The number of thioether (sulfide) groups is 1. The van der Waals surface area contributed by atoms with Crippen molar-refractivity contribution >= 4 is 34.4 Å². The van der Waals surface area contributed by atoms with Crippen molar-refractivity contribution in [3.8, 4) is 0 Å². The number of hydrogen-bond acceptors (Lipinski definition) is 3. The molecule has 19 heavy (non-hydrogen) atoms. The van der Waals surface area contributed by atoms with E-state index < -0.39 is 0 Å². The van der Waals surface area contributed by atoms with Gasteiger partial charge in [-0.15, -0.1) is 0 Å². The molecule has 1 aromatic carbocycles. The number of benzene rings is 1. The zero-order valence-electron chi connectivity index (χ0n) is 11.0. The summed E-state index contributed by atoms with van der Waals surface area (Å²) in [5.41, 5.74) is 8.45. The zero-order valence-corrected chi connectivity index (χ0v) is 12.5. The van der Waals surface area contributed by atoms with Crippen LogP contribution in [-0.2, 0) is 0 Å². The molecule has 2 aromatic rings. The molecule has 1 aromatic heterocycles. The van der Waals surface area contributed by atoms with Crippen molar-refractivity contribution in [3.63, 3.8) is 0 Å². The minimum atomic E-state index is 0.0132. The van der Waals surface area contributed by atoms with Gasteiger partial charge in [0.15, 0.2) is 0 Å².